The van der Waals surface area contributed by atoms with Gasteiger partial charge in [-0.2, -0.15) is 11.8 Å². The molecule has 0 aliphatic heterocycles. The number of benzene rings is 1. The number of rotatable bonds is 6. The van der Waals surface area contributed by atoms with E-state index in [9.17, 15) is 4.79 Å². The Morgan fingerprint density at radius 2 is 2.00 bits per heavy atom. The van der Waals surface area contributed by atoms with Crippen molar-refractivity contribution in [2.75, 3.05) is 19.8 Å². The van der Waals surface area contributed by atoms with Crippen LogP contribution in [0.15, 0.2) is 24.3 Å². The second kappa shape index (κ2) is 5.33. The average Bonchev–Trinajstić information content (AvgIpc) is 3.10. The highest BCUT2D eigenvalue weighted by Crippen LogP contribution is 2.47. The van der Waals surface area contributed by atoms with Crippen molar-refractivity contribution < 1.29 is 9.90 Å². The molecule has 0 atom stereocenters. The van der Waals surface area contributed by atoms with E-state index in [0.717, 1.165) is 13.1 Å². The molecule has 2 rings (SSSR count). The largest absolute Gasteiger partial charge is 0.478 e. The van der Waals surface area contributed by atoms with E-state index in [1.165, 1.54) is 18.4 Å². The summed E-state index contributed by atoms with van der Waals surface area (Å²) in [5.41, 5.74) is 1.52. The molecule has 3 nitrogen and oxygen atoms in total. The molecule has 1 aromatic rings. The van der Waals surface area contributed by atoms with Gasteiger partial charge >= 0.3 is 5.97 Å². The first-order chi connectivity index (χ1) is 8.54. The van der Waals surface area contributed by atoms with E-state index in [1.807, 2.05) is 23.9 Å². The van der Waals surface area contributed by atoms with Gasteiger partial charge in [0, 0.05) is 17.8 Å². The van der Waals surface area contributed by atoms with Crippen LogP contribution in [0.1, 0.15) is 28.8 Å². The standard InChI is InChI=1S/C14H19NO2S/c1-15(10-14(18-2)7-8-14)9-11-3-5-12(6-4-11)13(16)17/h3-6H,7-10H2,1-2H3,(H,16,17). The lowest BCUT2D eigenvalue weighted by Crippen LogP contribution is -2.28. The molecule has 0 spiro atoms. The van der Waals surface area contributed by atoms with Gasteiger partial charge in [-0.25, -0.2) is 4.79 Å². The van der Waals surface area contributed by atoms with E-state index in [-0.39, 0.29) is 0 Å². The van der Waals surface area contributed by atoms with Crippen LogP contribution in [-0.4, -0.2) is 40.6 Å². The van der Waals surface area contributed by atoms with Crippen LogP contribution in [0.3, 0.4) is 0 Å². The summed E-state index contributed by atoms with van der Waals surface area (Å²) in [6.45, 7) is 1.98. The molecule has 1 fully saturated rings. The quantitative estimate of drug-likeness (QED) is 0.858. The van der Waals surface area contributed by atoms with E-state index < -0.39 is 5.97 Å². The summed E-state index contributed by atoms with van der Waals surface area (Å²) in [6, 6.07) is 7.15. The summed E-state index contributed by atoms with van der Waals surface area (Å²) in [6.07, 6.45) is 4.81. The number of aromatic carboxylic acids is 1. The highest BCUT2D eigenvalue weighted by Gasteiger charge is 2.42. The van der Waals surface area contributed by atoms with Gasteiger partial charge in [0.2, 0.25) is 0 Å². The van der Waals surface area contributed by atoms with Gasteiger partial charge in [-0.05, 0) is 43.8 Å². The van der Waals surface area contributed by atoms with E-state index in [1.54, 1.807) is 12.1 Å². The molecule has 1 N–H and O–H groups in total. The molecule has 1 aliphatic rings. The summed E-state index contributed by atoms with van der Waals surface area (Å²) in [5, 5.41) is 8.84. The number of carboxylic acids is 1. The lowest BCUT2D eigenvalue weighted by Gasteiger charge is -2.22. The van der Waals surface area contributed by atoms with Crippen molar-refractivity contribution in [1.82, 2.24) is 4.90 Å². The molecule has 0 saturated heterocycles. The zero-order valence-electron chi connectivity index (χ0n) is 10.8. The van der Waals surface area contributed by atoms with Crippen LogP contribution in [0.2, 0.25) is 0 Å². The maximum atomic E-state index is 10.8. The minimum absolute atomic E-state index is 0.351. The first-order valence-corrected chi connectivity index (χ1v) is 7.33. The normalized spacial score (nSPS) is 16.8. The number of nitrogens with zero attached hydrogens (tertiary/aromatic N) is 1. The van der Waals surface area contributed by atoms with Crippen molar-refractivity contribution in [3.63, 3.8) is 0 Å². The first kappa shape index (κ1) is 13.4. The molecule has 1 aromatic carbocycles. The van der Waals surface area contributed by atoms with E-state index >= 15 is 0 Å². The Labute approximate surface area is 112 Å². The summed E-state index contributed by atoms with van der Waals surface area (Å²) in [4.78, 5) is 13.1. The molecule has 0 heterocycles. The lowest BCUT2D eigenvalue weighted by molar-refractivity contribution is 0.0697. The summed E-state index contributed by atoms with van der Waals surface area (Å²) in [5.74, 6) is -0.866. The summed E-state index contributed by atoms with van der Waals surface area (Å²) in [7, 11) is 2.13. The smallest absolute Gasteiger partial charge is 0.335 e. The molecule has 1 aliphatic carbocycles. The minimum Gasteiger partial charge on any atom is -0.478 e. The van der Waals surface area contributed by atoms with Gasteiger partial charge in [-0.1, -0.05) is 12.1 Å². The fourth-order valence-electron chi connectivity index (χ4n) is 2.18. The molecule has 0 radical (unpaired) electrons. The van der Waals surface area contributed by atoms with E-state index in [4.69, 9.17) is 5.11 Å². The lowest BCUT2D eigenvalue weighted by atomic mass is 10.1. The van der Waals surface area contributed by atoms with E-state index in [2.05, 4.69) is 18.2 Å². The first-order valence-electron chi connectivity index (χ1n) is 6.11. The molecule has 0 amide bonds. The Morgan fingerprint density at radius 3 is 2.44 bits per heavy atom. The molecule has 1 saturated carbocycles. The second-order valence-electron chi connectivity index (χ2n) is 5.06. The Kier molecular flexibility index (Phi) is 3.97. The van der Waals surface area contributed by atoms with Crippen molar-refractivity contribution in [3.8, 4) is 0 Å². The van der Waals surface area contributed by atoms with Gasteiger partial charge < -0.3 is 10.0 Å². The zero-order chi connectivity index (χ0) is 13.2. The summed E-state index contributed by atoms with van der Waals surface area (Å²) >= 11 is 1.96. The monoisotopic (exact) mass is 265 g/mol. The number of thioether (sulfide) groups is 1. The third-order valence-corrected chi connectivity index (χ3v) is 4.86. The maximum absolute atomic E-state index is 10.8. The number of carbonyl (C=O) groups is 1. The molecular weight excluding hydrogens is 246 g/mol. The Hall–Kier alpha value is -1.00. The Balaban J connectivity index is 1.90. The van der Waals surface area contributed by atoms with Gasteiger partial charge in [0.25, 0.3) is 0 Å². The number of carboxylic acid groups (broad SMARTS) is 1. The SMILES string of the molecule is CSC1(CN(C)Cc2ccc(C(=O)O)cc2)CC1. The highest BCUT2D eigenvalue weighted by atomic mass is 32.2. The van der Waals surface area contributed by atoms with Crippen LogP contribution in [0, 0.1) is 0 Å². The third-order valence-electron chi connectivity index (χ3n) is 3.45. The van der Waals surface area contributed by atoms with Crippen LogP contribution >= 0.6 is 11.8 Å². The van der Waals surface area contributed by atoms with Gasteiger partial charge in [-0.15, -0.1) is 0 Å². The van der Waals surface area contributed by atoms with Crippen LogP contribution in [0.5, 0.6) is 0 Å². The fourth-order valence-corrected chi connectivity index (χ4v) is 3.04. The zero-order valence-corrected chi connectivity index (χ0v) is 11.7. The van der Waals surface area contributed by atoms with Crippen LogP contribution in [-0.2, 0) is 6.54 Å². The van der Waals surface area contributed by atoms with Crippen molar-refractivity contribution in [1.29, 1.82) is 0 Å². The van der Waals surface area contributed by atoms with Crippen LogP contribution in [0.4, 0.5) is 0 Å². The van der Waals surface area contributed by atoms with Gasteiger partial charge in [0.15, 0.2) is 0 Å². The van der Waals surface area contributed by atoms with Crippen molar-refractivity contribution in [2.24, 2.45) is 0 Å². The van der Waals surface area contributed by atoms with Crippen LogP contribution in [0.25, 0.3) is 0 Å². The van der Waals surface area contributed by atoms with Gasteiger partial charge in [0.1, 0.15) is 0 Å². The topological polar surface area (TPSA) is 40.5 Å². The Bertz CT molecular complexity index is 426. The predicted molar refractivity (Wildman–Crippen MR) is 75.2 cm³/mol. The summed E-state index contributed by atoms with van der Waals surface area (Å²) < 4.78 is 0.482. The second-order valence-corrected chi connectivity index (χ2v) is 6.34. The molecule has 0 aromatic heterocycles. The Morgan fingerprint density at radius 1 is 1.39 bits per heavy atom. The van der Waals surface area contributed by atoms with Crippen LogP contribution < -0.4 is 0 Å². The highest BCUT2D eigenvalue weighted by molar-refractivity contribution is 8.00. The predicted octanol–water partition coefficient (Wildman–Crippen LogP) is 2.71. The molecule has 98 valence electrons. The third kappa shape index (κ3) is 3.27. The minimum atomic E-state index is -0.866. The van der Waals surface area contributed by atoms with Gasteiger partial charge in [0.05, 0.1) is 5.56 Å². The van der Waals surface area contributed by atoms with Gasteiger partial charge in [-0.3, -0.25) is 0 Å². The molecule has 0 unspecified atom stereocenters. The van der Waals surface area contributed by atoms with Crippen molar-refractivity contribution in [3.05, 3.63) is 35.4 Å². The van der Waals surface area contributed by atoms with Crippen molar-refractivity contribution in [2.45, 2.75) is 24.1 Å². The molecule has 18 heavy (non-hydrogen) atoms. The molecule has 4 heteroatoms. The number of hydrogen-bond acceptors (Lipinski definition) is 3. The fraction of sp³-hybridized carbons (Fsp3) is 0.500. The average molecular weight is 265 g/mol. The maximum Gasteiger partial charge on any atom is 0.335 e. The molecular formula is C14H19NO2S. The van der Waals surface area contributed by atoms with E-state index in [0.29, 0.717) is 10.3 Å². The molecule has 0 bridgehead atoms. The number of hydrogen-bond donors (Lipinski definition) is 1. The van der Waals surface area contributed by atoms with Crippen molar-refractivity contribution >= 4 is 17.7 Å².